The SMILES string of the molecule is CC(=O)N1CC2CC23C1=CC(=O)c1[nH]cc(C)c13. The molecular formula is C14H14N2O2. The summed E-state index contributed by atoms with van der Waals surface area (Å²) >= 11 is 0. The van der Waals surface area contributed by atoms with E-state index in [1.807, 2.05) is 13.1 Å². The number of aromatic nitrogens is 1. The van der Waals surface area contributed by atoms with E-state index in [-0.39, 0.29) is 17.1 Å². The first-order valence-corrected chi connectivity index (χ1v) is 6.29. The van der Waals surface area contributed by atoms with E-state index in [9.17, 15) is 9.59 Å². The van der Waals surface area contributed by atoms with E-state index < -0.39 is 0 Å². The van der Waals surface area contributed by atoms with Gasteiger partial charge in [-0.1, -0.05) is 0 Å². The first-order chi connectivity index (χ1) is 8.55. The van der Waals surface area contributed by atoms with Crippen molar-refractivity contribution >= 4 is 11.7 Å². The molecule has 1 saturated heterocycles. The normalized spacial score (nSPS) is 31.7. The zero-order chi connectivity index (χ0) is 12.7. The second-order valence-corrected chi connectivity index (χ2v) is 5.62. The molecule has 2 atom stereocenters. The highest BCUT2D eigenvalue weighted by molar-refractivity contribution is 6.08. The van der Waals surface area contributed by atoms with Crippen LogP contribution in [0.5, 0.6) is 0 Å². The maximum Gasteiger partial charge on any atom is 0.223 e. The quantitative estimate of drug-likeness (QED) is 0.750. The van der Waals surface area contributed by atoms with Gasteiger partial charge in [0.05, 0.1) is 5.69 Å². The molecule has 1 aromatic heterocycles. The lowest BCUT2D eigenvalue weighted by atomic mass is 9.83. The molecule has 1 aliphatic heterocycles. The molecule has 1 amide bonds. The molecule has 1 N–H and O–H groups in total. The van der Waals surface area contributed by atoms with Crippen molar-refractivity contribution in [3.05, 3.63) is 34.8 Å². The number of amides is 1. The van der Waals surface area contributed by atoms with E-state index in [4.69, 9.17) is 0 Å². The molecule has 1 aromatic rings. The smallest absolute Gasteiger partial charge is 0.223 e. The van der Waals surface area contributed by atoms with E-state index >= 15 is 0 Å². The largest absolute Gasteiger partial charge is 0.358 e. The van der Waals surface area contributed by atoms with Gasteiger partial charge < -0.3 is 9.88 Å². The molecule has 2 unspecified atom stereocenters. The lowest BCUT2D eigenvalue weighted by Crippen LogP contribution is -2.32. The number of nitrogens with zero attached hydrogens (tertiary/aromatic N) is 1. The molecule has 2 fully saturated rings. The third-order valence-electron chi connectivity index (χ3n) is 4.67. The number of allylic oxidation sites excluding steroid dienone is 2. The predicted molar refractivity (Wildman–Crippen MR) is 65.1 cm³/mol. The first kappa shape index (κ1) is 10.1. The summed E-state index contributed by atoms with van der Waals surface area (Å²) in [6.45, 7) is 4.37. The van der Waals surface area contributed by atoms with Crippen LogP contribution in [-0.4, -0.2) is 28.1 Å². The Hall–Kier alpha value is -1.84. The zero-order valence-corrected chi connectivity index (χ0v) is 10.4. The van der Waals surface area contributed by atoms with Crippen molar-refractivity contribution in [2.24, 2.45) is 5.92 Å². The molecule has 92 valence electrons. The molecule has 0 radical (unpaired) electrons. The van der Waals surface area contributed by atoms with Crippen LogP contribution in [0.1, 0.15) is 35.0 Å². The Kier molecular flexibility index (Phi) is 1.55. The molecule has 2 aliphatic carbocycles. The van der Waals surface area contributed by atoms with Gasteiger partial charge in [0.2, 0.25) is 11.7 Å². The standard InChI is InChI=1S/C14H14N2O2/c1-7-5-15-13-10(18)3-11-14(12(7)13)4-9(14)6-16(11)8(2)17/h3,5,9,15H,4,6H2,1-2H3. The Morgan fingerprint density at radius 2 is 2.33 bits per heavy atom. The number of hydrogen-bond acceptors (Lipinski definition) is 2. The summed E-state index contributed by atoms with van der Waals surface area (Å²) in [7, 11) is 0. The summed E-state index contributed by atoms with van der Waals surface area (Å²) < 4.78 is 0. The van der Waals surface area contributed by atoms with Gasteiger partial charge in [0.25, 0.3) is 0 Å². The Balaban J connectivity index is 1.96. The van der Waals surface area contributed by atoms with E-state index in [1.54, 1.807) is 17.9 Å². The van der Waals surface area contributed by atoms with Crippen LogP contribution in [0, 0.1) is 12.8 Å². The van der Waals surface area contributed by atoms with Crippen LogP contribution in [0.15, 0.2) is 18.0 Å². The lowest BCUT2D eigenvalue weighted by Gasteiger charge is -2.27. The second-order valence-electron chi connectivity index (χ2n) is 5.62. The summed E-state index contributed by atoms with van der Waals surface area (Å²) in [4.78, 5) is 28.7. The molecule has 3 aliphatic rings. The van der Waals surface area contributed by atoms with Crippen LogP contribution >= 0.6 is 0 Å². The van der Waals surface area contributed by atoms with Gasteiger partial charge in [-0.05, 0) is 30.4 Å². The minimum absolute atomic E-state index is 0.00229. The molecule has 1 saturated carbocycles. The van der Waals surface area contributed by atoms with Crippen LogP contribution in [0.4, 0.5) is 0 Å². The summed E-state index contributed by atoms with van der Waals surface area (Å²) in [5.41, 5.74) is 3.89. The highest BCUT2D eigenvalue weighted by Crippen LogP contribution is 2.67. The Morgan fingerprint density at radius 3 is 3.06 bits per heavy atom. The highest BCUT2D eigenvalue weighted by atomic mass is 16.2. The number of aromatic amines is 1. The molecule has 1 spiro atoms. The number of nitrogens with one attached hydrogen (secondary N) is 1. The van der Waals surface area contributed by atoms with Crippen LogP contribution in [0.3, 0.4) is 0 Å². The third kappa shape index (κ3) is 0.901. The van der Waals surface area contributed by atoms with Gasteiger partial charge in [0.1, 0.15) is 0 Å². The number of aryl methyl sites for hydroxylation is 1. The molecule has 4 heteroatoms. The van der Waals surface area contributed by atoms with Crippen molar-refractivity contribution < 1.29 is 9.59 Å². The highest BCUT2D eigenvalue weighted by Gasteiger charge is 2.67. The molecular weight excluding hydrogens is 228 g/mol. The molecule has 0 bridgehead atoms. The number of hydrogen-bond donors (Lipinski definition) is 1. The van der Waals surface area contributed by atoms with Gasteiger partial charge in [-0.15, -0.1) is 0 Å². The van der Waals surface area contributed by atoms with Crippen LogP contribution in [0.2, 0.25) is 0 Å². The summed E-state index contributed by atoms with van der Waals surface area (Å²) in [5, 5.41) is 0. The van der Waals surface area contributed by atoms with Gasteiger partial charge in [-0.25, -0.2) is 0 Å². The van der Waals surface area contributed by atoms with Crippen LogP contribution in [-0.2, 0) is 10.2 Å². The number of H-pyrrole nitrogens is 1. The molecule has 4 nitrogen and oxygen atoms in total. The van der Waals surface area contributed by atoms with E-state index in [1.165, 1.54) is 0 Å². The predicted octanol–water partition coefficient (Wildman–Crippen LogP) is 1.52. The van der Waals surface area contributed by atoms with E-state index in [0.29, 0.717) is 5.92 Å². The molecule has 2 heterocycles. The van der Waals surface area contributed by atoms with Gasteiger partial charge in [-0.3, -0.25) is 9.59 Å². The minimum Gasteiger partial charge on any atom is -0.358 e. The number of fused-ring (bicyclic) bond motifs is 1. The topological polar surface area (TPSA) is 53.2 Å². The van der Waals surface area contributed by atoms with Crippen molar-refractivity contribution in [3.8, 4) is 0 Å². The lowest BCUT2D eigenvalue weighted by molar-refractivity contribution is -0.126. The number of piperidine rings is 1. The van der Waals surface area contributed by atoms with Gasteiger partial charge in [-0.2, -0.15) is 0 Å². The maximum absolute atomic E-state index is 12.1. The fraction of sp³-hybridized carbons (Fsp3) is 0.429. The number of ketones is 1. The third-order valence-corrected chi connectivity index (χ3v) is 4.67. The van der Waals surface area contributed by atoms with Crippen molar-refractivity contribution in [1.29, 1.82) is 0 Å². The summed E-state index contributed by atoms with van der Waals surface area (Å²) in [6, 6.07) is 0. The van der Waals surface area contributed by atoms with E-state index in [2.05, 4.69) is 4.98 Å². The molecule has 18 heavy (non-hydrogen) atoms. The fourth-order valence-corrected chi connectivity index (χ4v) is 3.85. The number of likely N-dealkylation sites (tertiary alicyclic amines) is 1. The van der Waals surface area contributed by atoms with Crippen molar-refractivity contribution in [1.82, 2.24) is 9.88 Å². The van der Waals surface area contributed by atoms with Crippen molar-refractivity contribution in [2.75, 3.05) is 6.54 Å². The number of rotatable bonds is 0. The van der Waals surface area contributed by atoms with Gasteiger partial charge in [0.15, 0.2) is 0 Å². The van der Waals surface area contributed by atoms with Gasteiger partial charge in [0, 0.05) is 36.9 Å². The number of carbonyl (C=O) groups excluding carboxylic acids is 2. The average Bonchev–Trinajstić information content (AvgIpc) is 2.70. The number of carbonyl (C=O) groups is 2. The van der Waals surface area contributed by atoms with Crippen LogP contribution < -0.4 is 0 Å². The minimum atomic E-state index is -0.0427. The zero-order valence-electron chi connectivity index (χ0n) is 10.4. The Labute approximate surface area is 105 Å². The Morgan fingerprint density at radius 1 is 1.56 bits per heavy atom. The molecule has 0 aromatic carbocycles. The average molecular weight is 242 g/mol. The Bertz CT molecular complexity index is 640. The maximum atomic E-state index is 12.1. The fourth-order valence-electron chi connectivity index (χ4n) is 3.85. The monoisotopic (exact) mass is 242 g/mol. The van der Waals surface area contributed by atoms with E-state index in [0.717, 1.165) is 35.5 Å². The van der Waals surface area contributed by atoms with Crippen molar-refractivity contribution in [2.45, 2.75) is 25.7 Å². The summed E-state index contributed by atoms with van der Waals surface area (Å²) in [6.07, 6.45) is 4.63. The van der Waals surface area contributed by atoms with Crippen molar-refractivity contribution in [3.63, 3.8) is 0 Å². The summed E-state index contributed by atoms with van der Waals surface area (Å²) in [5.74, 6) is 0.531. The van der Waals surface area contributed by atoms with Crippen LogP contribution in [0.25, 0.3) is 0 Å². The van der Waals surface area contributed by atoms with Gasteiger partial charge >= 0.3 is 0 Å². The first-order valence-electron chi connectivity index (χ1n) is 6.29. The second kappa shape index (κ2) is 2.76. The molecule has 4 rings (SSSR count).